The standard InChI is InChI=1S/C19H15F3N6O/c1-11-2-4-12(5-3-11)14-8-15(25-24-14)18(29)23-9-17-27-26-16-7-6-13(10-28(16)17)19(20,21)22/h2-8,10H,9H2,1H3,(H,23,29)(H,24,25). The molecule has 1 aromatic carbocycles. The normalized spacial score (nSPS) is 11.7. The summed E-state index contributed by atoms with van der Waals surface area (Å²) in [5, 5.41) is 17.1. The van der Waals surface area contributed by atoms with Crippen molar-refractivity contribution in [2.24, 2.45) is 0 Å². The highest BCUT2D eigenvalue weighted by atomic mass is 19.4. The second-order valence-electron chi connectivity index (χ2n) is 6.48. The molecule has 4 aromatic rings. The Hall–Kier alpha value is -3.69. The number of fused-ring (bicyclic) bond motifs is 1. The average Bonchev–Trinajstić information content (AvgIpc) is 3.33. The molecule has 0 aliphatic rings. The Morgan fingerprint density at radius 3 is 2.62 bits per heavy atom. The number of benzene rings is 1. The van der Waals surface area contributed by atoms with Crippen LogP contribution in [0.5, 0.6) is 0 Å². The number of carbonyl (C=O) groups is 1. The van der Waals surface area contributed by atoms with Crippen LogP contribution in [-0.2, 0) is 12.7 Å². The van der Waals surface area contributed by atoms with E-state index in [1.54, 1.807) is 6.07 Å². The third-order valence-corrected chi connectivity index (χ3v) is 4.38. The summed E-state index contributed by atoms with van der Waals surface area (Å²) < 4.78 is 40.0. The number of hydrogen-bond acceptors (Lipinski definition) is 4. The van der Waals surface area contributed by atoms with Gasteiger partial charge in [-0.1, -0.05) is 29.8 Å². The van der Waals surface area contributed by atoms with Gasteiger partial charge in [-0.25, -0.2) is 0 Å². The summed E-state index contributed by atoms with van der Waals surface area (Å²) in [6, 6.07) is 11.4. The molecule has 0 spiro atoms. The van der Waals surface area contributed by atoms with E-state index >= 15 is 0 Å². The lowest BCUT2D eigenvalue weighted by atomic mass is 10.1. The van der Waals surface area contributed by atoms with E-state index in [9.17, 15) is 18.0 Å². The second kappa shape index (κ2) is 7.04. The minimum Gasteiger partial charge on any atom is -0.343 e. The van der Waals surface area contributed by atoms with Crippen molar-refractivity contribution < 1.29 is 18.0 Å². The third kappa shape index (κ3) is 3.82. The number of H-pyrrole nitrogens is 1. The van der Waals surface area contributed by atoms with Crippen LogP contribution in [0.4, 0.5) is 13.2 Å². The highest BCUT2D eigenvalue weighted by molar-refractivity contribution is 5.93. The number of nitrogens with zero attached hydrogens (tertiary/aromatic N) is 4. The molecule has 148 valence electrons. The number of halogens is 3. The third-order valence-electron chi connectivity index (χ3n) is 4.38. The van der Waals surface area contributed by atoms with E-state index in [1.807, 2.05) is 31.2 Å². The zero-order valence-electron chi connectivity index (χ0n) is 15.2. The molecule has 0 radical (unpaired) electrons. The Morgan fingerprint density at radius 2 is 1.90 bits per heavy atom. The highest BCUT2D eigenvalue weighted by Gasteiger charge is 2.31. The van der Waals surface area contributed by atoms with E-state index in [-0.39, 0.29) is 23.7 Å². The van der Waals surface area contributed by atoms with Gasteiger partial charge in [0.2, 0.25) is 0 Å². The number of aryl methyl sites for hydroxylation is 1. The smallest absolute Gasteiger partial charge is 0.343 e. The first kappa shape index (κ1) is 18.7. The van der Waals surface area contributed by atoms with Crippen molar-refractivity contribution in [1.29, 1.82) is 0 Å². The van der Waals surface area contributed by atoms with Crippen LogP contribution in [0.15, 0.2) is 48.7 Å². The average molecular weight is 400 g/mol. The minimum atomic E-state index is -4.48. The molecule has 0 unspecified atom stereocenters. The van der Waals surface area contributed by atoms with Crippen LogP contribution < -0.4 is 5.32 Å². The topological polar surface area (TPSA) is 88.0 Å². The fourth-order valence-electron chi connectivity index (χ4n) is 2.79. The van der Waals surface area contributed by atoms with Gasteiger partial charge >= 0.3 is 6.18 Å². The number of nitrogens with one attached hydrogen (secondary N) is 2. The summed E-state index contributed by atoms with van der Waals surface area (Å²) in [4.78, 5) is 12.4. The molecule has 0 atom stereocenters. The number of rotatable bonds is 4. The number of alkyl halides is 3. The predicted octanol–water partition coefficient (Wildman–Crippen LogP) is 3.38. The molecule has 0 aliphatic carbocycles. The monoisotopic (exact) mass is 400 g/mol. The number of carbonyl (C=O) groups excluding carboxylic acids is 1. The van der Waals surface area contributed by atoms with Crippen LogP contribution in [0.3, 0.4) is 0 Å². The maximum absolute atomic E-state index is 12.9. The van der Waals surface area contributed by atoms with Gasteiger partial charge in [0.15, 0.2) is 11.5 Å². The van der Waals surface area contributed by atoms with Gasteiger partial charge < -0.3 is 5.32 Å². The van der Waals surface area contributed by atoms with Gasteiger partial charge in [0, 0.05) is 11.8 Å². The second-order valence-corrected chi connectivity index (χ2v) is 6.48. The highest BCUT2D eigenvalue weighted by Crippen LogP contribution is 2.29. The van der Waals surface area contributed by atoms with Crippen LogP contribution in [0.25, 0.3) is 16.9 Å². The number of pyridine rings is 1. The number of amides is 1. The first-order chi connectivity index (χ1) is 13.8. The molecular weight excluding hydrogens is 385 g/mol. The first-order valence-electron chi connectivity index (χ1n) is 8.63. The Bertz CT molecular complexity index is 1180. The molecule has 3 aromatic heterocycles. The summed E-state index contributed by atoms with van der Waals surface area (Å²) in [6.07, 6.45) is -3.58. The van der Waals surface area contributed by atoms with Crippen molar-refractivity contribution in [3.05, 3.63) is 71.3 Å². The largest absolute Gasteiger partial charge is 0.417 e. The molecule has 0 bridgehead atoms. The lowest BCUT2D eigenvalue weighted by Gasteiger charge is -2.07. The van der Waals surface area contributed by atoms with E-state index in [1.165, 1.54) is 10.5 Å². The van der Waals surface area contributed by atoms with E-state index in [0.29, 0.717) is 5.69 Å². The van der Waals surface area contributed by atoms with Gasteiger partial charge in [-0.05, 0) is 25.1 Å². The number of aromatic amines is 1. The predicted molar refractivity (Wildman–Crippen MR) is 97.9 cm³/mol. The van der Waals surface area contributed by atoms with Gasteiger partial charge in [-0.2, -0.15) is 18.3 Å². The first-order valence-corrected chi connectivity index (χ1v) is 8.63. The Kier molecular flexibility index (Phi) is 4.53. The molecule has 0 aliphatic heterocycles. The van der Waals surface area contributed by atoms with Crippen LogP contribution >= 0.6 is 0 Å². The minimum absolute atomic E-state index is 0.0970. The summed E-state index contributed by atoms with van der Waals surface area (Å²) in [7, 11) is 0. The molecule has 1 amide bonds. The molecule has 7 nitrogen and oxygen atoms in total. The molecule has 0 saturated heterocycles. The van der Waals surface area contributed by atoms with Crippen molar-refractivity contribution in [1.82, 2.24) is 30.1 Å². The summed E-state index contributed by atoms with van der Waals surface area (Å²) >= 11 is 0. The van der Waals surface area contributed by atoms with E-state index in [0.717, 1.165) is 23.4 Å². The number of hydrogen-bond donors (Lipinski definition) is 2. The zero-order valence-corrected chi connectivity index (χ0v) is 15.2. The summed E-state index contributed by atoms with van der Waals surface area (Å²) in [5.41, 5.74) is 2.23. The van der Waals surface area contributed by atoms with Crippen molar-refractivity contribution in [3.63, 3.8) is 0 Å². The van der Waals surface area contributed by atoms with E-state index in [2.05, 4.69) is 25.7 Å². The molecular formula is C19H15F3N6O. The van der Waals surface area contributed by atoms with Gasteiger partial charge in [0.1, 0.15) is 5.69 Å². The summed E-state index contributed by atoms with van der Waals surface area (Å²) in [6.45, 7) is 1.87. The molecule has 3 heterocycles. The molecule has 10 heteroatoms. The van der Waals surface area contributed by atoms with Crippen LogP contribution in [-0.4, -0.2) is 30.7 Å². The van der Waals surface area contributed by atoms with E-state index < -0.39 is 17.6 Å². The fourth-order valence-corrected chi connectivity index (χ4v) is 2.79. The Balaban J connectivity index is 1.49. The molecule has 29 heavy (non-hydrogen) atoms. The van der Waals surface area contributed by atoms with Crippen molar-refractivity contribution in [2.75, 3.05) is 0 Å². The van der Waals surface area contributed by atoms with Crippen LogP contribution in [0, 0.1) is 6.92 Å². The van der Waals surface area contributed by atoms with Gasteiger partial charge in [0.25, 0.3) is 5.91 Å². The Morgan fingerprint density at radius 1 is 1.14 bits per heavy atom. The quantitative estimate of drug-likeness (QED) is 0.550. The molecule has 4 rings (SSSR count). The van der Waals surface area contributed by atoms with Gasteiger partial charge in [0.05, 0.1) is 17.8 Å². The van der Waals surface area contributed by atoms with Crippen LogP contribution in [0.1, 0.15) is 27.4 Å². The SMILES string of the molecule is Cc1ccc(-c2cc(C(=O)NCc3nnc4ccc(C(F)(F)F)cn34)[nH]n2)cc1. The molecule has 0 saturated carbocycles. The summed E-state index contributed by atoms with van der Waals surface area (Å²) in [5.74, 6) is -0.280. The lowest BCUT2D eigenvalue weighted by molar-refractivity contribution is -0.137. The van der Waals surface area contributed by atoms with Crippen LogP contribution in [0.2, 0.25) is 0 Å². The maximum atomic E-state index is 12.9. The lowest BCUT2D eigenvalue weighted by Crippen LogP contribution is -2.24. The fraction of sp³-hybridized carbons (Fsp3) is 0.158. The van der Waals surface area contributed by atoms with Crippen molar-refractivity contribution in [2.45, 2.75) is 19.6 Å². The molecule has 0 fully saturated rings. The molecule has 2 N–H and O–H groups in total. The van der Waals surface area contributed by atoms with E-state index in [4.69, 9.17) is 0 Å². The van der Waals surface area contributed by atoms with Gasteiger partial charge in [-0.3, -0.25) is 14.3 Å². The van der Waals surface area contributed by atoms with Gasteiger partial charge in [-0.15, -0.1) is 10.2 Å². The van der Waals surface area contributed by atoms with Crippen molar-refractivity contribution in [3.8, 4) is 11.3 Å². The Labute approximate surface area is 162 Å². The zero-order chi connectivity index (χ0) is 20.6. The maximum Gasteiger partial charge on any atom is 0.417 e. The van der Waals surface area contributed by atoms with Crippen molar-refractivity contribution >= 4 is 11.6 Å². The number of aromatic nitrogens is 5.